The fourth-order valence-corrected chi connectivity index (χ4v) is 4.35. The van der Waals surface area contributed by atoms with Gasteiger partial charge in [-0.25, -0.2) is 0 Å². The predicted molar refractivity (Wildman–Crippen MR) is 116 cm³/mol. The number of alkyl halides is 3. The first-order chi connectivity index (χ1) is 15.8. The van der Waals surface area contributed by atoms with Crippen LogP contribution in [0.2, 0.25) is 0 Å². The third-order valence-electron chi connectivity index (χ3n) is 5.22. The third-order valence-corrected chi connectivity index (χ3v) is 6.11. The molecule has 1 N–H and O–H groups in total. The van der Waals surface area contributed by atoms with Gasteiger partial charge in [-0.15, -0.1) is 10.2 Å². The average Bonchev–Trinajstić information content (AvgIpc) is 3.48. The predicted octanol–water partition coefficient (Wildman–Crippen LogP) is 4.48. The summed E-state index contributed by atoms with van der Waals surface area (Å²) in [6.07, 6.45) is -3.59. The molecule has 2 heterocycles. The number of anilines is 1. The normalized spacial score (nSPS) is 16.0. The molecule has 0 spiro atoms. The number of carbonyl (C=O) groups is 2. The van der Waals surface area contributed by atoms with Crippen LogP contribution in [0.4, 0.5) is 18.3 Å². The molecule has 1 unspecified atom stereocenters. The molecule has 1 saturated heterocycles. The van der Waals surface area contributed by atoms with E-state index >= 15 is 0 Å². The number of halogens is 3. The number of amides is 2. The molecule has 33 heavy (non-hydrogen) atoms. The van der Waals surface area contributed by atoms with Crippen molar-refractivity contribution in [3.8, 4) is 16.3 Å². The zero-order valence-electron chi connectivity index (χ0n) is 17.4. The van der Waals surface area contributed by atoms with Crippen LogP contribution in [-0.2, 0) is 11.0 Å². The zero-order chi connectivity index (χ0) is 23.6. The number of nitrogens with zero attached hydrogens (tertiary/aromatic N) is 3. The molecule has 1 atom stereocenters. The molecule has 2 aromatic carbocycles. The van der Waals surface area contributed by atoms with Gasteiger partial charge in [0.15, 0.2) is 0 Å². The number of nitrogens with one attached hydrogen (secondary N) is 1. The maximum atomic E-state index is 13.0. The number of methoxy groups -OCH3 is 1. The van der Waals surface area contributed by atoms with Crippen LogP contribution < -0.4 is 10.1 Å². The van der Waals surface area contributed by atoms with Crippen molar-refractivity contribution in [1.29, 1.82) is 0 Å². The van der Waals surface area contributed by atoms with E-state index in [-0.39, 0.29) is 17.2 Å². The molecule has 1 fully saturated rings. The van der Waals surface area contributed by atoms with Gasteiger partial charge in [0.2, 0.25) is 11.0 Å². The number of carbonyl (C=O) groups excluding carboxylic acids is 2. The van der Waals surface area contributed by atoms with Crippen molar-refractivity contribution in [2.45, 2.75) is 25.1 Å². The summed E-state index contributed by atoms with van der Waals surface area (Å²) in [6, 6.07) is 10.6. The number of benzene rings is 2. The van der Waals surface area contributed by atoms with Crippen LogP contribution >= 0.6 is 11.3 Å². The van der Waals surface area contributed by atoms with Gasteiger partial charge in [0.1, 0.15) is 16.8 Å². The lowest BCUT2D eigenvalue weighted by atomic mass is 10.1. The standard InChI is InChI=1S/C22H19F3N4O3S/c1-32-16-8-3-5-13(12-16)19-27-28-21(33-19)26-18(30)17-9-4-10-29(17)20(31)14-6-2-7-15(11-14)22(23,24)25/h2-3,5-8,11-12,17H,4,9-10H2,1H3,(H,26,28,30). The van der Waals surface area contributed by atoms with Crippen molar-refractivity contribution in [3.05, 3.63) is 59.7 Å². The summed E-state index contributed by atoms with van der Waals surface area (Å²) in [5.41, 5.74) is -0.247. The van der Waals surface area contributed by atoms with Gasteiger partial charge in [0, 0.05) is 17.7 Å². The highest BCUT2D eigenvalue weighted by atomic mass is 32.1. The van der Waals surface area contributed by atoms with E-state index in [1.54, 1.807) is 19.2 Å². The molecular formula is C22H19F3N4O3S. The Bertz CT molecular complexity index is 1180. The van der Waals surface area contributed by atoms with Crippen LogP contribution in [0.1, 0.15) is 28.8 Å². The van der Waals surface area contributed by atoms with Crippen LogP contribution in [0.3, 0.4) is 0 Å². The summed E-state index contributed by atoms with van der Waals surface area (Å²) in [4.78, 5) is 27.1. The highest BCUT2D eigenvalue weighted by Gasteiger charge is 2.36. The molecule has 4 rings (SSSR count). The minimum absolute atomic E-state index is 0.110. The second-order valence-corrected chi connectivity index (χ2v) is 8.35. The van der Waals surface area contributed by atoms with E-state index in [1.807, 2.05) is 12.1 Å². The van der Waals surface area contributed by atoms with E-state index in [1.165, 1.54) is 17.0 Å². The van der Waals surface area contributed by atoms with Crippen molar-refractivity contribution in [3.63, 3.8) is 0 Å². The van der Waals surface area contributed by atoms with Gasteiger partial charge in [-0.3, -0.25) is 14.9 Å². The molecule has 0 aliphatic carbocycles. The summed E-state index contributed by atoms with van der Waals surface area (Å²) in [7, 11) is 1.55. The first-order valence-electron chi connectivity index (χ1n) is 10.0. The van der Waals surface area contributed by atoms with Crippen molar-refractivity contribution >= 4 is 28.3 Å². The highest BCUT2D eigenvalue weighted by molar-refractivity contribution is 7.18. The number of ether oxygens (including phenoxy) is 1. The molecular weight excluding hydrogens is 457 g/mol. The SMILES string of the molecule is COc1cccc(-c2nnc(NC(=O)C3CCCN3C(=O)c3cccc(C(F)(F)F)c3)s2)c1. The Balaban J connectivity index is 1.47. The smallest absolute Gasteiger partial charge is 0.416 e. The van der Waals surface area contributed by atoms with Crippen LogP contribution in [0.5, 0.6) is 5.75 Å². The molecule has 0 saturated carbocycles. The van der Waals surface area contributed by atoms with Crippen molar-refractivity contribution in [2.24, 2.45) is 0 Å². The first-order valence-corrected chi connectivity index (χ1v) is 10.8. The van der Waals surface area contributed by atoms with E-state index in [2.05, 4.69) is 15.5 Å². The Hall–Kier alpha value is -3.47. The van der Waals surface area contributed by atoms with Crippen LogP contribution in [0, 0.1) is 0 Å². The van der Waals surface area contributed by atoms with Gasteiger partial charge in [0.25, 0.3) is 5.91 Å². The monoisotopic (exact) mass is 476 g/mol. The maximum Gasteiger partial charge on any atom is 0.416 e. The topological polar surface area (TPSA) is 84.4 Å². The minimum atomic E-state index is -4.56. The highest BCUT2D eigenvalue weighted by Crippen LogP contribution is 2.31. The number of rotatable bonds is 5. The van der Waals surface area contributed by atoms with E-state index in [0.717, 1.165) is 29.0 Å². The first kappa shape index (κ1) is 22.7. The second kappa shape index (κ2) is 9.18. The minimum Gasteiger partial charge on any atom is -0.497 e. The van der Waals surface area contributed by atoms with Gasteiger partial charge in [0.05, 0.1) is 12.7 Å². The molecule has 1 aliphatic rings. The third kappa shape index (κ3) is 4.98. The fraction of sp³-hybridized carbons (Fsp3) is 0.273. The van der Waals surface area contributed by atoms with E-state index in [9.17, 15) is 22.8 Å². The Morgan fingerprint density at radius 3 is 2.70 bits per heavy atom. The second-order valence-electron chi connectivity index (χ2n) is 7.37. The maximum absolute atomic E-state index is 13.0. The molecule has 0 bridgehead atoms. The molecule has 1 aromatic heterocycles. The summed E-state index contributed by atoms with van der Waals surface area (Å²) in [6.45, 7) is 0.276. The van der Waals surface area contributed by atoms with Gasteiger partial charge in [-0.1, -0.05) is 29.5 Å². The van der Waals surface area contributed by atoms with Crippen LogP contribution in [0.15, 0.2) is 48.5 Å². The largest absolute Gasteiger partial charge is 0.497 e. The molecule has 1 aliphatic heterocycles. The molecule has 172 valence electrons. The lowest BCUT2D eigenvalue weighted by Gasteiger charge is -2.24. The lowest BCUT2D eigenvalue weighted by Crippen LogP contribution is -2.43. The molecule has 3 aromatic rings. The lowest BCUT2D eigenvalue weighted by molar-refractivity contribution is -0.137. The van der Waals surface area contributed by atoms with E-state index in [4.69, 9.17) is 4.74 Å². The average molecular weight is 476 g/mol. The Morgan fingerprint density at radius 1 is 1.15 bits per heavy atom. The van der Waals surface area contributed by atoms with Crippen molar-refractivity contribution in [1.82, 2.24) is 15.1 Å². The summed E-state index contributed by atoms with van der Waals surface area (Å²) in [5, 5.41) is 11.6. The van der Waals surface area contributed by atoms with Gasteiger partial charge in [-0.05, 0) is 43.2 Å². The molecule has 11 heteroatoms. The number of likely N-dealkylation sites (tertiary alicyclic amines) is 1. The molecule has 2 amide bonds. The van der Waals surface area contributed by atoms with Gasteiger partial charge >= 0.3 is 6.18 Å². The van der Waals surface area contributed by atoms with E-state index in [0.29, 0.717) is 23.6 Å². The van der Waals surface area contributed by atoms with Gasteiger partial charge < -0.3 is 9.64 Å². The quantitative estimate of drug-likeness (QED) is 0.587. The Kier molecular flexibility index (Phi) is 6.32. The number of hydrogen-bond donors (Lipinski definition) is 1. The Morgan fingerprint density at radius 2 is 1.94 bits per heavy atom. The number of aromatic nitrogens is 2. The Labute approximate surface area is 191 Å². The summed E-state index contributed by atoms with van der Waals surface area (Å²) >= 11 is 1.16. The number of hydrogen-bond acceptors (Lipinski definition) is 6. The summed E-state index contributed by atoms with van der Waals surface area (Å²) in [5.74, 6) is -0.419. The molecule has 7 nitrogen and oxygen atoms in total. The van der Waals surface area contributed by atoms with E-state index < -0.39 is 29.6 Å². The van der Waals surface area contributed by atoms with Crippen molar-refractivity contribution < 1.29 is 27.5 Å². The summed E-state index contributed by atoms with van der Waals surface area (Å²) < 4.78 is 44.2. The van der Waals surface area contributed by atoms with Gasteiger partial charge in [-0.2, -0.15) is 13.2 Å². The van der Waals surface area contributed by atoms with Crippen LogP contribution in [0.25, 0.3) is 10.6 Å². The zero-order valence-corrected chi connectivity index (χ0v) is 18.2. The molecule has 0 radical (unpaired) electrons. The fourth-order valence-electron chi connectivity index (χ4n) is 3.61. The van der Waals surface area contributed by atoms with Crippen LogP contribution in [-0.4, -0.2) is 46.6 Å². The van der Waals surface area contributed by atoms with Crippen molar-refractivity contribution in [2.75, 3.05) is 19.0 Å².